The fraction of sp³-hybridized carbons (Fsp3) is 0.286. The molecule has 2 N–H and O–H groups in total. The first kappa shape index (κ1) is 12.3. The van der Waals surface area contributed by atoms with Crippen LogP contribution in [0.15, 0.2) is 47.8 Å². The van der Waals surface area contributed by atoms with Crippen molar-refractivity contribution in [3.8, 4) is 0 Å². The van der Waals surface area contributed by atoms with Crippen LogP contribution in [0.5, 0.6) is 0 Å². The number of aliphatic hydroxyl groups excluding tert-OH is 1. The lowest BCUT2D eigenvalue weighted by Gasteiger charge is -2.11. The van der Waals surface area contributed by atoms with Gasteiger partial charge in [0.25, 0.3) is 0 Å². The van der Waals surface area contributed by atoms with Gasteiger partial charge in [-0.2, -0.15) is 0 Å². The van der Waals surface area contributed by atoms with Crippen molar-refractivity contribution in [3.05, 3.63) is 58.3 Å². The molecule has 2 nitrogen and oxygen atoms in total. The first-order chi connectivity index (χ1) is 8.36. The third-order valence-electron chi connectivity index (χ3n) is 2.66. The van der Waals surface area contributed by atoms with Crippen molar-refractivity contribution in [1.82, 2.24) is 5.32 Å². The largest absolute Gasteiger partial charge is 0.388 e. The number of hydrogen-bond acceptors (Lipinski definition) is 3. The Balaban J connectivity index is 1.68. The van der Waals surface area contributed by atoms with Crippen molar-refractivity contribution in [1.29, 1.82) is 0 Å². The van der Waals surface area contributed by atoms with Crippen LogP contribution in [-0.4, -0.2) is 11.7 Å². The zero-order chi connectivity index (χ0) is 11.9. The second-order valence-electron chi connectivity index (χ2n) is 3.97. The van der Waals surface area contributed by atoms with Crippen LogP contribution in [0.4, 0.5) is 0 Å². The Hall–Kier alpha value is -1.16. The number of rotatable bonds is 6. The highest BCUT2D eigenvalue weighted by molar-refractivity contribution is 7.09. The molecule has 0 bridgehead atoms. The highest BCUT2D eigenvalue weighted by Gasteiger charge is 2.05. The van der Waals surface area contributed by atoms with E-state index in [9.17, 15) is 5.11 Å². The topological polar surface area (TPSA) is 32.3 Å². The van der Waals surface area contributed by atoms with Gasteiger partial charge in [0.1, 0.15) is 0 Å². The van der Waals surface area contributed by atoms with Gasteiger partial charge < -0.3 is 10.4 Å². The lowest BCUT2D eigenvalue weighted by Crippen LogP contribution is -2.16. The molecule has 0 spiro atoms. The quantitative estimate of drug-likeness (QED) is 0.769. The van der Waals surface area contributed by atoms with Crippen LogP contribution in [0.1, 0.15) is 23.0 Å². The summed E-state index contributed by atoms with van der Waals surface area (Å²) in [5.41, 5.74) is 0.991. The number of hydrogen-bond donors (Lipinski definition) is 2. The van der Waals surface area contributed by atoms with E-state index in [1.165, 1.54) is 4.88 Å². The van der Waals surface area contributed by atoms with E-state index in [4.69, 9.17) is 0 Å². The van der Waals surface area contributed by atoms with Gasteiger partial charge in [-0.25, -0.2) is 0 Å². The maximum atomic E-state index is 9.94. The summed E-state index contributed by atoms with van der Waals surface area (Å²) in [4.78, 5) is 1.33. The molecule has 0 saturated heterocycles. The van der Waals surface area contributed by atoms with E-state index in [2.05, 4.69) is 22.8 Å². The third kappa shape index (κ3) is 3.97. The third-order valence-corrected chi connectivity index (χ3v) is 3.53. The van der Waals surface area contributed by atoms with Crippen LogP contribution in [0.25, 0.3) is 0 Å². The van der Waals surface area contributed by atoms with Crippen LogP contribution < -0.4 is 5.32 Å². The summed E-state index contributed by atoms with van der Waals surface area (Å²) < 4.78 is 0. The Morgan fingerprint density at radius 3 is 2.65 bits per heavy atom. The van der Waals surface area contributed by atoms with E-state index >= 15 is 0 Å². The molecule has 3 heteroatoms. The van der Waals surface area contributed by atoms with Gasteiger partial charge in [0.05, 0.1) is 6.10 Å². The monoisotopic (exact) mass is 247 g/mol. The zero-order valence-electron chi connectivity index (χ0n) is 9.67. The van der Waals surface area contributed by atoms with Gasteiger partial charge in [0.2, 0.25) is 0 Å². The van der Waals surface area contributed by atoms with E-state index in [-0.39, 0.29) is 6.10 Å². The first-order valence-corrected chi connectivity index (χ1v) is 6.70. The van der Waals surface area contributed by atoms with Crippen molar-refractivity contribution in [2.75, 3.05) is 6.54 Å². The molecule has 0 unspecified atom stereocenters. The van der Waals surface area contributed by atoms with Gasteiger partial charge >= 0.3 is 0 Å². The average molecular weight is 247 g/mol. The fourth-order valence-corrected chi connectivity index (χ4v) is 2.38. The van der Waals surface area contributed by atoms with Gasteiger partial charge in [-0.15, -0.1) is 11.3 Å². The average Bonchev–Trinajstić information content (AvgIpc) is 2.88. The molecular weight excluding hydrogens is 230 g/mol. The molecule has 1 atom stereocenters. The Bertz CT molecular complexity index is 413. The minimum Gasteiger partial charge on any atom is -0.388 e. The lowest BCUT2D eigenvalue weighted by molar-refractivity contribution is 0.167. The molecule has 1 aromatic carbocycles. The van der Waals surface area contributed by atoms with Crippen molar-refractivity contribution in [3.63, 3.8) is 0 Å². The molecule has 2 aromatic rings. The summed E-state index contributed by atoms with van der Waals surface area (Å²) in [7, 11) is 0. The molecule has 0 amide bonds. The smallest absolute Gasteiger partial charge is 0.0802 e. The highest BCUT2D eigenvalue weighted by atomic mass is 32.1. The van der Waals surface area contributed by atoms with E-state index in [1.54, 1.807) is 11.3 Å². The predicted octanol–water partition coefficient (Wildman–Crippen LogP) is 2.96. The van der Waals surface area contributed by atoms with E-state index in [0.717, 1.165) is 25.1 Å². The number of thiophene rings is 1. The molecule has 0 aliphatic heterocycles. The van der Waals surface area contributed by atoms with Crippen LogP contribution in [0.2, 0.25) is 0 Å². The van der Waals surface area contributed by atoms with Crippen LogP contribution in [0, 0.1) is 0 Å². The Morgan fingerprint density at radius 2 is 1.94 bits per heavy atom. The van der Waals surface area contributed by atoms with Crippen LogP contribution in [-0.2, 0) is 6.54 Å². The van der Waals surface area contributed by atoms with Crippen molar-refractivity contribution < 1.29 is 5.11 Å². The molecular formula is C14H17NOS. The molecule has 0 fully saturated rings. The Morgan fingerprint density at radius 1 is 1.12 bits per heavy atom. The fourth-order valence-electron chi connectivity index (χ4n) is 1.71. The van der Waals surface area contributed by atoms with Crippen LogP contribution in [0.3, 0.4) is 0 Å². The van der Waals surface area contributed by atoms with E-state index in [0.29, 0.717) is 0 Å². The molecule has 1 aromatic heterocycles. The van der Waals surface area contributed by atoms with E-state index < -0.39 is 0 Å². The minimum absolute atomic E-state index is 0.368. The van der Waals surface area contributed by atoms with Gasteiger partial charge in [0, 0.05) is 11.4 Å². The summed E-state index contributed by atoms with van der Waals surface area (Å²) in [6, 6.07) is 14.0. The Labute approximate surface area is 106 Å². The highest BCUT2D eigenvalue weighted by Crippen LogP contribution is 2.15. The summed E-state index contributed by atoms with van der Waals surface area (Å²) in [6.45, 7) is 1.72. The molecule has 17 heavy (non-hydrogen) atoms. The summed E-state index contributed by atoms with van der Waals surface area (Å²) in [5.74, 6) is 0. The summed E-state index contributed by atoms with van der Waals surface area (Å²) in [5, 5.41) is 15.4. The first-order valence-electron chi connectivity index (χ1n) is 5.82. The zero-order valence-corrected chi connectivity index (χ0v) is 10.5. The minimum atomic E-state index is -0.368. The molecule has 0 saturated carbocycles. The number of benzene rings is 1. The van der Waals surface area contributed by atoms with Gasteiger partial charge in [-0.05, 0) is 30.0 Å². The number of aliphatic hydroxyl groups is 1. The molecule has 90 valence electrons. The second kappa shape index (κ2) is 6.55. The maximum Gasteiger partial charge on any atom is 0.0802 e. The summed E-state index contributed by atoms with van der Waals surface area (Å²) >= 11 is 1.75. The van der Waals surface area contributed by atoms with Crippen LogP contribution >= 0.6 is 11.3 Å². The molecule has 0 aliphatic carbocycles. The SMILES string of the molecule is O[C@H](CCNCc1cccs1)c1ccccc1. The normalized spacial score (nSPS) is 12.5. The predicted molar refractivity (Wildman–Crippen MR) is 72.0 cm³/mol. The lowest BCUT2D eigenvalue weighted by atomic mass is 10.1. The molecule has 1 heterocycles. The van der Waals surface area contributed by atoms with Gasteiger partial charge in [0.15, 0.2) is 0 Å². The van der Waals surface area contributed by atoms with Gasteiger partial charge in [-0.1, -0.05) is 36.4 Å². The molecule has 0 radical (unpaired) electrons. The molecule has 0 aliphatic rings. The van der Waals surface area contributed by atoms with Gasteiger partial charge in [-0.3, -0.25) is 0 Å². The second-order valence-corrected chi connectivity index (χ2v) is 5.00. The Kier molecular flexibility index (Phi) is 4.74. The maximum absolute atomic E-state index is 9.94. The van der Waals surface area contributed by atoms with Crippen molar-refractivity contribution in [2.24, 2.45) is 0 Å². The van der Waals surface area contributed by atoms with E-state index in [1.807, 2.05) is 30.3 Å². The standard InChI is InChI=1S/C14H17NOS/c16-14(12-5-2-1-3-6-12)8-9-15-11-13-7-4-10-17-13/h1-7,10,14-16H,8-9,11H2/t14-/m1/s1. The van der Waals surface area contributed by atoms with Crippen molar-refractivity contribution in [2.45, 2.75) is 19.1 Å². The molecule has 2 rings (SSSR count). The number of nitrogens with one attached hydrogen (secondary N) is 1. The van der Waals surface area contributed by atoms with Crippen molar-refractivity contribution >= 4 is 11.3 Å². The summed E-state index contributed by atoms with van der Waals surface area (Å²) in [6.07, 6.45) is 0.377.